The van der Waals surface area contributed by atoms with E-state index in [1.807, 2.05) is 85.7 Å². The fraction of sp³-hybridized carbons (Fsp3) is 0.257. The van der Waals surface area contributed by atoms with E-state index in [0.717, 1.165) is 21.3 Å². The molecule has 5 rings (SSSR count). The second-order valence-corrected chi connectivity index (χ2v) is 12.1. The summed E-state index contributed by atoms with van der Waals surface area (Å²) in [6.45, 7) is 0.805. The number of nitrogens with zero attached hydrogens (tertiary/aromatic N) is 5. The number of nitrogens with one attached hydrogen (secondary N) is 2. The van der Waals surface area contributed by atoms with Crippen LogP contribution in [0.5, 0.6) is 5.75 Å². The second kappa shape index (κ2) is 15.6. The molecule has 0 saturated carbocycles. The molecule has 4 aromatic rings. The number of aliphatic hydroxyl groups is 1. The highest BCUT2D eigenvalue weighted by Crippen LogP contribution is 2.45. The molecule has 1 amide bonds. The van der Waals surface area contributed by atoms with Crippen LogP contribution in [0.3, 0.4) is 0 Å². The minimum atomic E-state index is -1.50. The van der Waals surface area contributed by atoms with Gasteiger partial charge in [-0.3, -0.25) is 10.2 Å². The number of amides is 1. The Hall–Kier alpha value is -4.87. The Labute approximate surface area is 282 Å². The molecule has 0 spiro atoms. The molecule has 4 aromatic carbocycles. The van der Waals surface area contributed by atoms with Crippen LogP contribution >= 0.6 is 15.9 Å². The quantitative estimate of drug-likeness (QED) is 0.0449. The van der Waals surface area contributed by atoms with Crippen LogP contribution in [0, 0.1) is 0 Å². The van der Waals surface area contributed by atoms with Crippen molar-refractivity contribution >= 4 is 39.1 Å². The molecule has 11 nitrogen and oxygen atoms in total. The number of aliphatic imine (C=N–C) groups is 1. The molecule has 0 bridgehead atoms. The molecule has 1 aliphatic rings. The first-order valence-corrected chi connectivity index (χ1v) is 15.9. The number of ether oxygens (including phenoxy) is 2. The Morgan fingerprint density at radius 3 is 2.43 bits per heavy atom. The average molecular weight is 699 g/mol. The van der Waals surface area contributed by atoms with E-state index in [1.165, 1.54) is 0 Å². The van der Waals surface area contributed by atoms with Gasteiger partial charge in [0.2, 0.25) is 5.90 Å². The van der Waals surface area contributed by atoms with Crippen molar-refractivity contribution in [1.29, 1.82) is 0 Å². The summed E-state index contributed by atoms with van der Waals surface area (Å²) in [4.78, 5) is 24.6. The van der Waals surface area contributed by atoms with Crippen LogP contribution in [-0.4, -0.2) is 49.8 Å². The van der Waals surface area contributed by atoms with Crippen LogP contribution in [0.2, 0.25) is 0 Å². The Morgan fingerprint density at radius 1 is 1.04 bits per heavy atom. The number of hydrogen-bond donors (Lipinski definition) is 3. The molecule has 0 aliphatic carbocycles. The first-order chi connectivity index (χ1) is 22.8. The number of benzene rings is 4. The molecule has 242 valence electrons. The topological polar surface area (TPSA) is 144 Å². The van der Waals surface area contributed by atoms with Gasteiger partial charge in [0.15, 0.2) is 11.6 Å². The third-order valence-electron chi connectivity index (χ3n) is 7.74. The van der Waals surface area contributed by atoms with Gasteiger partial charge in [0.05, 0.1) is 6.61 Å². The monoisotopic (exact) mass is 697 g/mol. The smallest absolute Gasteiger partial charge is 0.266 e. The van der Waals surface area contributed by atoms with Crippen LogP contribution in [0.25, 0.3) is 10.4 Å². The maximum Gasteiger partial charge on any atom is 0.266 e. The molecule has 2 atom stereocenters. The molecule has 47 heavy (non-hydrogen) atoms. The molecule has 1 heterocycles. The molecular weight excluding hydrogens is 662 g/mol. The number of hydrazine groups is 1. The summed E-state index contributed by atoms with van der Waals surface area (Å²) in [5.41, 5.74) is 18.3. The molecule has 1 aliphatic heterocycles. The maximum atomic E-state index is 14.5. The highest BCUT2D eigenvalue weighted by Gasteiger charge is 2.54. The van der Waals surface area contributed by atoms with Gasteiger partial charge in [0.25, 0.3) is 5.91 Å². The van der Waals surface area contributed by atoms with Gasteiger partial charge in [-0.2, -0.15) is 0 Å². The Morgan fingerprint density at radius 2 is 1.74 bits per heavy atom. The number of rotatable bonds is 14. The number of hydrogen-bond acceptors (Lipinski definition) is 8. The molecule has 0 radical (unpaired) electrons. The van der Waals surface area contributed by atoms with E-state index >= 15 is 0 Å². The standard InChI is InChI=1S/C35H36BrN7O4/c1-43(2)28-16-10-25(11-17-28)23-38-41-34(45)35(22-24-8-14-27(36)15-9-24)32(30-6-3-4-7-31(30)40-42-37)47-33(39-35)26-12-18-29(19-13-26)46-21-5-20-44/h3-4,6-19,32,38,44H,5,20-23H2,1-2H3,(H,41,45)/t32-,35-/m0/s1. The first kappa shape index (κ1) is 33.5. The average Bonchev–Trinajstić information content (AvgIpc) is 3.47. The summed E-state index contributed by atoms with van der Waals surface area (Å²) in [5.74, 6) is 0.483. The fourth-order valence-electron chi connectivity index (χ4n) is 5.27. The van der Waals surface area contributed by atoms with Crippen molar-refractivity contribution in [2.45, 2.75) is 31.0 Å². The largest absolute Gasteiger partial charge is 0.494 e. The Balaban J connectivity index is 1.53. The summed E-state index contributed by atoms with van der Waals surface area (Å²) in [6, 6.07) is 30.0. The Bertz CT molecular complexity index is 1740. The zero-order valence-corrected chi connectivity index (χ0v) is 27.7. The number of anilines is 1. The zero-order chi connectivity index (χ0) is 33.2. The molecule has 0 saturated heterocycles. The van der Waals surface area contributed by atoms with Crippen molar-refractivity contribution in [3.63, 3.8) is 0 Å². The van der Waals surface area contributed by atoms with E-state index in [-0.39, 0.29) is 18.9 Å². The van der Waals surface area contributed by atoms with Gasteiger partial charge in [-0.1, -0.05) is 69.6 Å². The van der Waals surface area contributed by atoms with Gasteiger partial charge >= 0.3 is 0 Å². The summed E-state index contributed by atoms with van der Waals surface area (Å²) < 4.78 is 13.2. The van der Waals surface area contributed by atoms with Crippen molar-refractivity contribution < 1.29 is 19.4 Å². The number of carbonyl (C=O) groups is 1. The summed E-state index contributed by atoms with van der Waals surface area (Å²) in [5, 5.41) is 13.0. The third-order valence-corrected chi connectivity index (χ3v) is 8.26. The van der Waals surface area contributed by atoms with Crippen LogP contribution in [-0.2, 0) is 22.5 Å². The summed E-state index contributed by atoms with van der Waals surface area (Å²) in [6.07, 6.45) is -0.233. The van der Waals surface area contributed by atoms with E-state index in [1.54, 1.807) is 30.3 Å². The lowest BCUT2D eigenvalue weighted by molar-refractivity contribution is -0.130. The van der Waals surface area contributed by atoms with E-state index in [0.29, 0.717) is 42.1 Å². The molecule has 3 N–H and O–H groups in total. The maximum absolute atomic E-state index is 14.5. The normalized spacial score (nSPS) is 16.9. The molecular formula is C35H36BrN7O4. The van der Waals surface area contributed by atoms with Crippen molar-refractivity contribution in [3.05, 3.63) is 134 Å². The Kier molecular flexibility index (Phi) is 11.1. The van der Waals surface area contributed by atoms with Crippen molar-refractivity contribution in [2.75, 3.05) is 32.2 Å². The van der Waals surface area contributed by atoms with Gasteiger partial charge < -0.3 is 19.5 Å². The van der Waals surface area contributed by atoms with Crippen molar-refractivity contribution in [3.8, 4) is 5.75 Å². The number of carbonyl (C=O) groups excluding carboxylic acids is 1. The predicted molar refractivity (Wildman–Crippen MR) is 186 cm³/mol. The van der Waals surface area contributed by atoms with Crippen LogP contribution in [0.4, 0.5) is 11.4 Å². The minimum Gasteiger partial charge on any atom is -0.494 e. The van der Waals surface area contributed by atoms with Crippen LogP contribution < -0.4 is 20.5 Å². The van der Waals surface area contributed by atoms with E-state index in [9.17, 15) is 10.3 Å². The lowest BCUT2D eigenvalue weighted by Gasteiger charge is -2.31. The van der Waals surface area contributed by atoms with E-state index in [2.05, 4.69) is 36.8 Å². The summed E-state index contributed by atoms with van der Waals surface area (Å²) in [7, 11) is 3.96. The van der Waals surface area contributed by atoms with Gasteiger partial charge in [-0.25, -0.2) is 10.4 Å². The zero-order valence-electron chi connectivity index (χ0n) is 26.1. The first-order valence-electron chi connectivity index (χ1n) is 15.1. The number of aliphatic hydroxyl groups excluding tert-OH is 1. The van der Waals surface area contributed by atoms with Gasteiger partial charge in [-0.05, 0) is 65.2 Å². The lowest BCUT2D eigenvalue weighted by atomic mass is 9.81. The van der Waals surface area contributed by atoms with Crippen molar-refractivity contribution in [2.24, 2.45) is 10.1 Å². The highest BCUT2D eigenvalue weighted by molar-refractivity contribution is 9.10. The fourth-order valence-corrected chi connectivity index (χ4v) is 5.53. The van der Waals surface area contributed by atoms with Gasteiger partial charge in [0, 0.05) is 72.0 Å². The molecule has 0 aromatic heterocycles. The van der Waals surface area contributed by atoms with Gasteiger partial charge in [0.1, 0.15) is 5.75 Å². The lowest BCUT2D eigenvalue weighted by Crippen LogP contribution is -2.53. The summed E-state index contributed by atoms with van der Waals surface area (Å²) >= 11 is 3.50. The third kappa shape index (κ3) is 8.11. The number of azide groups is 1. The predicted octanol–water partition coefficient (Wildman–Crippen LogP) is 6.54. The highest BCUT2D eigenvalue weighted by atomic mass is 79.9. The van der Waals surface area contributed by atoms with E-state index < -0.39 is 17.6 Å². The van der Waals surface area contributed by atoms with E-state index in [4.69, 9.17) is 19.6 Å². The van der Waals surface area contributed by atoms with Gasteiger partial charge in [-0.15, -0.1) is 0 Å². The van der Waals surface area contributed by atoms with Crippen LogP contribution in [0.15, 0.2) is 112 Å². The number of halogens is 1. The molecule has 0 unspecified atom stereocenters. The van der Waals surface area contributed by atoms with Crippen LogP contribution in [0.1, 0.15) is 34.8 Å². The molecule has 12 heteroatoms. The second-order valence-electron chi connectivity index (χ2n) is 11.2. The molecule has 0 fully saturated rings. The van der Waals surface area contributed by atoms with Crippen molar-refractivity contribution in [1.82, 2.24) is 10.9 Å². The minimum absolute atomic E-state index is 0.0432. The SMILES string of the molecule is CN(C)c1ccc(CNNC(=O)[C@@]2(Cc3ccc(Br)cc3)N=C(c3ccc(OCCCO)cc3)O[C@H]2c2ccccc2N=[N+]=[N-])cc1.